The van der Waals surface area contributed by atoms with E-state index in [0.29, 0.717) is 31.9 Å². The topological polar surface area (TPSA) is 73.1 Å². The molecular formula is C17H23N5O2. The monoisotopic (exact) mass is 329 g/mol. The van der Waals surface area contributed by atoms with Crippen molar-refractivity contribution in [3.05, 3.63) is 40.7 Å². The lowest BCUT2D eigenvalue weighted by molar-refractivity contribution is -0.138. The van der Waals surface area contributed by atoms with E-state index < -0.39 is 0 Å². The molecule has 0 saturated carbocycles. The summed E-state index contributed by atoms with van der Waals surface area (Å²) in [4.78, 5) is 23.3. The third kappa shape index (κ3) is 3.31. The van der Waals surface area contributed by atoms with Crippen LogP contribution in [-0.2, 0) is 23.0 Å². The molecule has 3 heterocycles. The summed E-state index contributed by atoms with van der Waals surface area (Å²) in [6.45, 7) is 7.44. The molecule has 24 heavy (non-hydrogen) atoms. The quantitative estimate of drug-likeness (QED) is 0.848. The second-order valence-electron chi connectivity index (χ2n) is 6.21. The Morgan fingerprint density at radius 3 is 2.83 bits per heavy atom. The number of nitrogens with zero attached hydrogens (tertiary/aromatic N) is 5. The summed E-state index contributed by atoms with van der Waals surface area (Å²) in [5, 5.41) is 4.38. The molecule has 2 aromatic heterocycles. The van der Waals surface area contributed by atoms with Gasteiger partial charge in [-0.2, -0.15) is 5.10 Å². The van der Waals surface area contributed by atoms with Crippen molar-refractivity contribution in [1.29, 1.82) is 0 Å². The molecule has 0 aromatic carbocycles. The number of hydrogen-bond acceptors (Lipinski definition) is 5. The highest BCUT2D eigenvalue weighted by molar-refractivity contribution is 5.79. The van der Waals surface area contributed by atoms with E-state index in [1.165, 1.54) is 0 Å². The van der Waals surface area contributed by atoms with E-state index >= 15 is 0 Å². The molecule has 1 atom stereocenters. The molecule has 0 unspecified atom stereocenters. The molecule has 2 aromatic rings. The van der Waals surface area contributed by atoms with Gasteiger partial charge in [0.15, 0.2) is 5.82 Å². The van der Waals surface area contributed by atoms with E-state index in [9.17, 15) is 4.79 Å². The van der Waals surface area contributed by atoms with Crippen LogP contribution in [0.15, 0.2) is 12.3 Å². The lowest BCUT2D eigenvalue weighted by Crippen LogP contribution is -2.43. The first-order valence-electron chi connectivity index (χ1n) is 8.13. The summed E-state index contributed by atoms with van der Waals surface area (Å²) in [5.41, 5.74) is 3.86. The van der Waals surface area contributed by atoms with Gasteiger partial charge >= 0.3 is 0 Å². The molecular weight excluding hydrogens is 306 g/mol. The van der Waals surface area contributed by atoms with Crippen LogP contribution in [0.5, 0.6) is 0 Å². The standard InChI is InChI=1S/C17H23N5O2/c1-11-5-6-18-17(19-11)15-10-22(7-8-24-15)16(23)9-14-12(2)20-21(4)13(14)3/h5-6,15H,7-10H2,1-4H3/t15-/m0/s1. The van der Waals surface area contributed by atoms with Gasteiger partial charge in [0, 0.05) is 36.7 Å². The van der Waals surface area contributed by atoms with E-state index in [4.69, 9.17) is 4.74 Å². The summed E-state index contributed by atoms with van der Waals surface area (Å²) < 4.78 is 7.59. The number of carbonyl (C=O) groups is 1. The largest absolute Gasteiger partial charge is 0.367 e. The van der Waals surface area contributed by atoms with Gasteiger partial charge in [-0.15, -0.1) is 0 Å². The van der Waals surface area contributed by atoms with Crippen molar-refractivity contribution >= 4 is 5.91 Å². The zero-order chi connectivity index (χ0) is 17.3. The van der Waals surface area contributed by atoms with Crippen molar-refractivity contribution in [1.82, 2.24) is 24.6 Å². The molecule has 0 spiro atoms. The van der Waals surface area contributed by atoms with Gasteiger partial charge in [0.25, 0.3) is 0 Å². The van der Waals surface area contributed by atoms with Crippen LogP contribution in [0, 0.1) is 20.8 Å². The van der Waals surface area contributed by atoms with Gasteiger partial charge in [0.05, 0.1) is 25.3 Å². The molecule has 7 heteroatoms. The number of ether oxygens (including phenoxy) is 1. The lowest BCUT2D eigenvalue weighted by Gasteiger charge is -2.32. The average Bonchev–Trinajstić information content (AvgIpc) is 2.81. The molecule has 1 saturated heterocycles. The van der Waals surface area contributed by atoms with Crippen molar-refractivity contribution in [2.45, 2.75) is 33.3 Å². The van der Waals surface area contributed by atoms with E-state index in [1.807, 2.05) is 43.5 Å². The second kappa shape index (κ2) is 6.68. The van der Waals surface area contributed by atoms with Crippen LogP contribution < -0.4 is 0 Å². The minimum Gasteiger partial charge on any atom is -0.367 e. The normalized spacial score (nSPS) is 18.0. The van der Waals surface area contributed by atoms with E-state index in [-0.39, 0.29) is 12.0 Å². The Morgan fingerprint density at radius 2 is 2.17 bits per heavy atom. The summed E-state index contributed by atoms with van der Waals surface area (Å²) in [6, 6.07) is 1.85. The van der Waals surface area contributed by atoms with Crippen LogP contribution >= 0.6 is 0 Å². The predicted molar refractivity (Wildman–Crippen MR) is 88.4 cm³/mol. The molecule has 0 radical (unpaired) electrons. The molecule has 1 aliphatic heterocycles. The number of carbonyl (C=O) groups excluding carboxylic acids is 1. The fraction of sp³-hybridized carbons (Fsp3) is 0.529. The fourth-order valence-electron chi connectivity index (χ4n) is 2.99. The van der Waals surface area contributed by atoms with E-state index in [2.05, 4.69) is 15.1 Å². The van der Waals surface area contributed by atoms with Gasteiger partial charge in [0.2, 0.25) is 5.91 Å². The van der Waals surface area contributed by atoms with Crippen molar-refractivity contribution in [3.63, 3.8) is 0 Å². The number of aryl methyl sites for hydroxylation is 3. The Bertz CT molecular complexity index is 755. The highest BCUT2D eigenvalue weighted by atomic mass is 16.5. The number of amides is 1. The lowest BCUT2D eigenvalue weighted by atomic mass is 10.1. The van der Waals surface area contributed by atoms with E-state index in [1.54, 1.807) is 6.20 Å². The average molecular weight is 329 g/mol. The first-order valence-corrected chi connectivity index (χ1v) is 8.13. The first-order chi connectivity index (χ1) is 11.5. The van der Waals surface area contributed by atoms with Crippen LogP contribution in [0.3, 0.4) is 0 Å². The Labute approximate surface area is 141 Å². The highest BCUT2D eigenvalue weighted by Gasteiger charge is 2.28. The van der Waals surface area contributed by atoms with Gasteiger partial charge in [0.1, 0.15) is 6.10 Å². The zero-order valence-corrected chi connectivity index (χ0v) is 14.6. The number of rotatable bonds is 3. The number of morpholine rings is 1. The number of aromatic nitrogens is 4. The maximum atomic E-state index is 12.7. The highest BCUT2D eigenvalue weighted by Crippen LogP contribution is 2.21. The zero-order valence-electron chi connectivity index (χ0n) is 14.6. The number of hydrogen-bond donors (Lipinski definition) is 0. The molecule has 1 amide bonds. The Hall–Kier alpha value is -2.28. The smallest absolute Gasteiger partial charge is 0.227 e. The molecule has 0 aliphatic carbocycles. The van der Waals surface area contributed by atoms with Crippen LogP contribution in [0.2, 0.25) is 0 Å². The van der Waals surface area contributed by atoms with Gasteiger partial charge in [-0.05, 0) is 26.8 Å². The summed E-state index contributed by atoms with van der Waals surface area (Å²) in [7, 11) is 1.90. The van der Waals surface area contributed by atoms with Crippen molar-refractivity contribution in [3.8, 4) is 0 Å². The molecule has 3 rings (SSSR count). The van der Waals surface area contributed by atoms with Gasteiger partial charge in [-0.1, -0.05) is 0 Å². The third-order valence-corrected chi connectivity index (χ3v) is 4.51. The van der Waals surface area contributed by atoms with Gasteiger partial charge in [-0.3, -0.25) is 9.48 Å². The molecule has 0 bridgehead atoms. The van der Waals surface area contributed by atoms with Crippen molar-refractivity contribution < 1.29 is 9.53 Å². The van der Waals surface area contributed by atoms with Crippen molar-refractivity contribution in [2.75, 3.05) is 19.7 Å². The summed E-state index contributed by atoms with van der Waals surface area (Å²) in [6.07, 6.45) is 1.83. The van der Waals surface area contributed by atoms with Crippen LogP contribution in [0.4, 0.5) is 0 Å². The van der Waals surface area contributed by atoms with Crippen molar-refractivity contribution in [2.24, 2.45) is 7.05 Å². The second-order valence-corrected chi connectivity index (χ2v) is 6.21. The fourth-order valence-corrected chi connectivity index (χ4v) is 2.99. The SMILES string of the molecule is Cc1ccnc([C@@H]2CN(C(=O)Cc3c(C)nn(C)c3C)CCO2)n1. The maximum Gasteiger partial charge on any atom is 0.227 e. The Morgan fingerprint density at radius 1 is 1.38 bits per heavy atom. The molecule has 1 aliphatic rings. The summed E-state index contributed by atoms with van der Waals surface area (Å²) in [5.74, 6) is 0.733. The van der Waals surface area contributed by atoms with Crippen LogP contribution in [-0.4, -0.2) is 50.3 Å². The first kappa shape index (κ1) is 16.6. The van der Waals surface area contributed by atoms with Gasteiger partial charge in [-0.25, -0.2) is 9.97 Å². The van der Waals surface area contributed by atoms with Gasteiger partial charge < -0.3 is 9.64 Å². The Kier molecular flexibility index (Phi) is 4.62. The molecule has 0 N–H and O–H groups in total. The third-order valence-electron chi connectivity index (χ3n) is 4.51. The molecule has 7 nitrogen and oxygen atoms in total. The van der Waals surface area contributed by atoms with Crippen LogP contribution in [0.1, 0.15) is 34.6 Å². The Balaban J connectivity index is 1.71. The van der Waals surface area contributed by atoms with E-state index in [0.717, 1.165) is 22.6 Å². The molecule has 1 fully saturated rings. The summed E-state index contributed by atoms with van der Waals surface area (Å²) >= 11 is 0. The predicted octanol–water partition coefficient (Wildman–Crippen LogP) is 1.28. The minimum absolute atomic E-state index is 0.0927. The molecule has 128 valence electrons. The maximum absolute atomic E-state index is 12.7. The van der Waals surface area contributed by atoms with Crippen LogP contribution in [0.25, 0.3) is 0 Å². The minimum atomic E-state index is -0.265.